The topological polar surface area (TPSA) is 150 Å². The number of rotatable bonds is 9. The number of aromatic nitrogens is 7. The maximum absolute atomic E-state index is 13.2. The lowest BCUT2D eigenvalue weighted by molar-refractivity contribution is 0.391. The van der Waals surface area contributed by atoms with Gasteiger partial charge in [0.1, 0.15) is 28.7 Å². The Balaban J connectivity index is 1.77. The number of aromatic amines is 1. The van der Waals surface area contributed by atoms with Crippen LogP contribution in [0.25, 0.3) is 17.2 Å². The van der Waals surface area contributed by atoms with Crippen LogP contribution in [-0.2, 0) is 16.4 Å². The summed E-state index contributed by atoms with van der Waals surface area (Å²) < 4.78 is 54.3. The molecule has 1 aromatic carbocycles. The van der Waals surface area contributed by atoms with Crippen LogP contribution in [-0.4, -0.2) is 62.8 Å². The molecule has 3 aromatic heterocycles. The summed E-state index contributed by atoms with van der Waals surface area (Å²) in [5, 5.41) is 14.1. The van der Waals surface area contributed by atoms with Crippen molar-refractivity contribution in [1.82, 2.24) is 34.9 Å². The van der Waals surface area contributed by atoms with Crippen molar-refractivity contribution in [1.29, 1.82) is 0 Å². The lowest BCUT2D eigenvalue weighted by Gasteiger charge is -2.18. The molecule has 0 amide bonds. The molecular weight excluding hydrogens is 467 g/mol. The predicted octanol–water partition coefficient (Wildman–Crippen LogP) is 1.98. The summed E-state index contributed by atoms with van der Waals surface area (Å²) in [5.41, 5.74) is 0.793. The van der Waals surface area contributed by atoms with E-state index in [1.165, 1.54) is 25.7 Å². The summed E-state index contributed by atoms with van der Waals surface area (Å²) in [7, 11) is -1.05. The molecule has 0 aliphatic rings. The molecule has 0 aliphatic heterocycles. The van der Waals surface area contributed by atoms with Crippen molar-refractivity contribution in [3.8, 4) is 28.7 Å². The minimum atomic E-state index is -4.00. The molecule has 178 valence electrons. The Kier molecular flexibility index (Phi) is 6.40. The van der Waals surface area contributed by atoms with Crippen LogP contribution in [0.3, 0.4) is 0 Å². The van der Waals surface area contributed by atoms with Crippen LogP contribution in [0.5, 0.6) is 11.5 Å². The van der Waals surface area contributed by atoms with E-state index < -0.39 is 21.1 Å². The molecule has 0 radical (unpaired) electrons. The Bertz CT molecular complexity index is 1350. The van der Waals surface area contributed by atoms with Gasteiger partial charge in [-0.15, -0.1) is 10.2 Å². The van der Waals surface area contributed by atoms with Crippen molar-refractivity contribution in [2.75, 3.05) is 18.9 Å². The summed E-state index contributed by atoms with van der Waals surface area (Å²) >= 11 is 0. The van der Waals surface area contributed by atoms with Gasteiger partial charge in [0.2, 0.25) is 16.0 Å². The van der Waals surface area contributed by atoms with Crippen LogP contribution in [0.15, 0.2) is 42.9 Å². The number of H-pyrrole nitrogens is 1. The lowest BCUT2D eigenvalue weighted by atomic mass is 10.2. The zero-order chi connectivity index (χ0) is 24.3. The molecule has 4 aromatic rings. The summed E-state index contributed by atoms with van der Waals surface area (Å²) in [6, 6.07) is 6.78. The van der Waals surface area contributed by atoms with Crippen LogP contribution in [0, 0.1) is 5.82 Å². The molecule has 0 bridgehead atoms. The van der Waals surface area contributed by atoms with E-state index in [9.17, 15) is 12.8 Å². The maximum atomic E-state index is 13.2. The van der Waals surface area contributed by atoms with Gasteiger partial charge in [-0.25, -0.2) is 22.8 Å². The average Bonchev–Trinajstić information content (AvgIpc) is 3.49. The molecule has 4 rings (SSSR count). The number of para-hydroxylation sites is 1. The number of methoxy groups -OCH3 is 2. The Hall–Kier alpha value is -4.07. The number of nitrogens with one attached hydrogen (secondary N) is 2. The maximum Gasteiger partial charge on any atom is 0.243 e. The third-order valence-corrected chi connectivity index (χ3v) is 6.62. The fourth-order valence-electron chi connectivity index (χ4n) is 3.20. The van der Waals surface area contributed by atoms with E-state index in [2.05, 4.69) is 35.1 Å². The predicted molar refractivity (Wildman–Crippen MR) is 120 cm³/mol. The summed E-state index contributed by atoms with van der Waals surface area (Å²) in [6.07, 6.45) is 3.52. The highest BCUT2D eigenvalue weighted by atomic mass is 32.2. The lowest BCUT2D eigenvalue weighted by Crippen LogP contribution is -2.29. The van der Waals surface area contributed by atoms with Crippen molar-refractivity contribution >= 4 is 16.0 Å². The van der Waals surface area contributed by atoms with Crippen molar-refractivity contribution in [2.45, 2.75) is 18.6 Å². The molecule has 1 atom stereocenters. The minimum absolute atomic E-state index is 0.0477. The first-order valence-corrected chi connectivity index (χ1v) is 11.5. The highest BCUT2D eigenvalue weighted by Crippen LogP contribution is 2.37. The van der Waals surface area contributed by atoms with Crippen LogP contribution < -0.4 is 14.2 Å². The van der Waals surface area contributed by atoms with Gasteiger partial charge in [-0.05, 0) is 25.1 Å². The molecule has 12 nitrogen and oxygen atoms in total. The molecule has 3 heterocycles. The van der Waals surface area contributed by atoms with Crippen LogP contribution in [0.4, 0.5) is 10.3 Å². The number of ether oxygens (including phenoxy) is 2. The van der Waals surface area contributed by atoms with Gasteiger partial charge >= 0.3 is 0 Å². The smallest absolute Gasteiger partial charge is 0.243 e. The molecular formula is C20H21FN8O4S. The third kappa shape index (κ3) is 4.52. The second-order valence-electron chi connectivity index (χ2n) is 7.13. The van der Waals surface area contributed by atoms with E-state index in [0.717, 1.165) is 12.4 Å². The van der Waals surface area contributed by atoms with Gasteiger partial charge in [0.05, 0.1) is 31.9 Å². The van der Waals surface area contributed by atoms with Crippen LogP contribution in [0.2, 0.25) is 0 Å². The van der Waals surface area contributed by atoms with E-state index in [-0.39, 0.29) is 24.0 Å². The molecule has 0 saturated carbocycles. The Morgan fingerprint density at radius 3 is 2.38 bits per heavy atom. The zero-order valence-electron chi connectivity index (χ0n) is 18.4. The van der Waals surface area contributed by atoms with E-state index in [0.29, 0.717) is 22.9 Å². The number of sulfonamides is 1. The Morgan fingerprint density at radius 2 is 1.79 bits per heavy atom. The SMILES string of the molecule is COc1cccc(OC)c1-n1c(NS(=O)(=O)C(C)Cc2ncc(F)cn2)nnc1-c1cc[nH]n1. The molecule has 0 spiro atoms. The first kappa shape index (κ1) is 23.1. The van der Waals surface area contributed by atoms with Crippen LogP contribution >= 0.6 is 0 Å². The number of benzene rings is 1. The van der Waals surface area contributed by atoms with Crippen molar-refractivity contribution in [3.05, 3.63) is 54.5 Å². The number of hydrogen-bond donors (Lipinski definition) is 2. The number of nitrogens with zero attached hydrogens (tertiary/aromatic N) is 6. The second-order valence-corrected chi connectivity index (χ2v) is 9.23. The monoisotopic (exact) mass is 488 g/mol. The third-order valence-electron chi connectivity index (χ3n) is 4.93. The number of anilines is 1. The molecule has 2 N–H and O–H groups in total. The van der Waals surface area contributed by atoms with Gasteiger partial charge in [-0.1, -0.05) is 6.07 Å². The quantitative estimate of drug-likeness (QED) is 0.360. The van der Waals surface area contributed by atoms with Gasteiger partial charge in [0.15, 0.2) is 11.6 Å². The molecule has 0 aliphatic carbocycles. The van der Waals surface area contributed by atoms with Gasteiger partial charge in [-0.2, -0.15) is 5.10 Å². The summed E-state index contributed by atoms with van der Waals surface area (Å²) in [6.45, 7) is 1.48. The van der Waals surface area contributed by atoms with Gasteiger partial charge in [0, 0.05) is 12.6 Å². The van der Waals surface area contributed by atoms with Crippen molar-refractivity contribution in [2.24, 2.45) is 0 Å². The summed E-state index contributed by atoms with van der Waals surface area (Å²) in [4.78, 5) is 7.66. The first-order chi connectivity index (χ1) is 16.3. The molecule has 14 heteroatoms. The van der Waals surface area contributed by atoms with Gasteiger partial charge in [0.25, 0.3) is 0 Å². The first-order valence-electron chi connectivity index (χ1n) is 9.99. The normalized spacial score (nSPS) is 12.4. The highest BCUT2D eigenvalue weighted by molar-refractivity contribution is 7.93. The second kappa shape index (κ2) is 9.43. The van der Waals surface area contributed by atoms with Gasteiger partial charge in [-0.3, -0.25) is 14.4 Å². The zero-order valence-corrected chi connectivity index (χ0v) is 19.2. The molecule has 1 unspecified atom stereocenters. The van der Waals surface area contributed by atoms with Gasteiger partial charge < -0.3 is 9.47 Å². The molecule has 34 heavy (non-hydrogen) atoms. The standard InChI is InChI=1S/C20H21FN8O4S/c1-12(9-17-22-10-13(21)11-23-17)34(30,31)28-20-27-26-19(14-7-8-24-25-14)29(20)18-15(32-2)5-4-6-16(18)33-3/h4-8,10-12H,9H2,1-3H3,(H,24,25)(H,27,28). The van der Waals surface area contributed by atoms with E-state index in [1.807, 2.05) is 0 Å². The number of halogens is 1. The summed E-state index contributed by atoms with van der Waals surface area (Å²) in [5.74, 6) is 0.503. The highest BCUT2D eigenvalue weighted by Gasteiger charge is 2.29. The van der Waals surface area contributed by atoms with Crippen molar-refractivity contribution in [3.63, 3.8) is 0 Å². The van der Waals surface area contributed by atoms with E-state index in [4.69, 9.17) is 9.47 Å². The minimum Gasteiger partial charge on any atom is -0.494 e. The van der Waals surface area contributed by atoms with Crippen molar-refractivity contribution < 1.29 is 22.3 Å². The largest absolute Gasteiger partial charge is 0.494 e. The Morgan fingerprint density at radius 1 is 1.12 bits per heavy atom. The molecule has 0 fully saturated rings. The molecule has 0 saturated heterocycles. The van der Waals surface area contributed by atoms with E-state index >= 15 is 0 Å². The van der Waals surface area contributed by atoms with E-state index in [1.54, 1.807) is 30.5 Å². The average molecular weight is 489 g/mol. The number of hydrogen-bond acceptors (Lipinski definition) is 9. The fourth-order valence-corrected chi connectivity index (χ4v) is 4.16. The fraction of sp³-hybridized carbons (Fsp3) is 0.250. The van der Waals surface area contributed by atoms with Crippen LogP contribution in [0.1, 0.15) is 12.7 Å². The Labute approximate surface area is 194 Å².